The highest BCUT2D eigenvalue weighted by atomic mass is 32.2. The van der Waals surface area contributed by atoms with Gasteiger partial charge in [-0.05, 0) is 19.1 Å². The summed E-state index contributed by atoms with van der Waals surface area (Å²) in [5.74, 6) is 1.57. The molecule has 0 saturated carbocycles. The Morgan fingerprint density at radius 2 is 2.17 bits per heavy atom. The number of aryl methyl sites for hydroxylation is 1. The lowest BCUT2D eigenvalue weighted by Gasteiger charge is -2.14. The van der Waals surface area contributed by atoms with E-state index >= 15 is 0 Å². The predicted octanol–water partition coefficient (Wildman–Crippen LogP) is 1.91. The summed E-state index contributed by atoms with van der Waals surface area (Å²) in [6, 6.07) is 5.53. The number of carbonyl (C=O) groups excluding carboxylic acids is 1. The molecule has 0 aliphatic carbocycles. The van der Waals surface area contributed by atoms with Crippen LogP contribution in [0.2, 0.25) is 0 Å². The molecule has 0 aliphatic heterocycles. The molecule has 0 radical (unpaired) electrons. The fraction of sp³-hybridized carbons (Fsp3) is 0.267. The maximum atomic E-state index is 12.2. The number of pyridine rings is 1. The predicted molar refractivity (Wildman–Crippen MR) is 88.1 cm³/mol. The van der Waals surface area contributed by atoms with Gasteiger partial charge in [-0.25, -0.2) is 4.98 Å². The van der Waals surface area contributed by atoms with Gasteiger partial charge in [0.05, 0.1) is 12.3 Å². The fourth-order valence-electron chi connectivity index (χ4n) is 1.99. The summed E-state index contributed by atoms with van der Waals surface area (Å²) in [5, 5.41) is 11.3. The quantitative estimate of drug-likeness (QED) is 0.682. The Morgan fingerprint density at radius 1 is 1.38 bits per heavy atom. The molecule has 0 spiro atoms. The Morgan fingerprint density at radius 3 is 2.88 bits per heavy atom. The van der Waals surface area contributed by atoms with Crippen molar-refractivity contribution in [3.8, 4) is 11.3 Å². The zero-order chi connectivity index (χ0) is 16.9. The van der Waals surface area contributed by atoms with Gasteiger partial charge in [0.15, 0.2) is 5.76 Å². The molecular formula is C15H16N6O2S. The zero-order valence-electron chi connectivity index (χ0n) is 13.3. The van der Waals surface area contributed by atoms with Gasteiger partial charge in [-0.1, -0.05) is 16.9 Å². The molecule has 0 aliphatic rings. The molecule has 8 nitrogen and oxygen atoms in total. The Hall–Kier alpha value is -2.68. The Bertz CT molecular complexity index is 816. The second-order valence-electron chi connectivity index (χ2n) is 5.16. The van der Waals surface area contributed by atoms with Crippen molar-refractivity contribution >= 4 is 17.7 Å². The third-order valence-electron chi connectivity index (χ3n) is 3.26. The lowest BCUT2D eigenvalue weighted by molar-refractivity contribution is -0.127. The second-order valence-corrected chi connectivity index (χ2v) is 6.10. The van der Waals surface area contributed by atoms with Crippen LogP contribution in [0.3, 0.4) is 0 Å². The summed E-state index contributed by atoms with van der Waals surface area (Å²) in [6.45, 7) is 2.17. The normalized spacial score (nSPS) is 10.8. The van der Waals surface area contributed by atoms with Crippen molar-refractivity contribution in [3.05, 3.63) is 42.2 Å². The van der Waals surface area contributed by atoms with Crippen LogP contribution in [0, 0.1) is 6.92 Å². The van der Waals surface area contributed by atoms with Crippen molar-refractivity contribution < 1.29 is 9.32 Å². The van der Waals surface area contributed by atoms with Gasteiger partial charge in [0.2, 0.25) is 11.1 Å². The second kappa shape index (κ2) is 7.26. The molecule has 124 valence electrons. The molecule has 24 heavy (non-hydrogen) atoms. The molecule has 3 heterocycles. The molecule has 9 heteroatoms. The molecule has 0 unspecified atom stereocenters. The van der Waals surface area contributed by atoms with E-state index in [1.54, 1.807) is 24.3 Å². The van der Waals surface area contributed by atoms with Crippen molar-refractivity contribution in [2.45, 2.75) is 18.6 Å². The summed E-state index contributed by atoms with van der Waals surface area (Å²) < 4.78 is 5.31. The number of nitrogens with one attached hydrogen (secondary N) is 1. The van der Waals surface area contributed by atoms with E-state index in [4.69, 9.17) is 4.52 Å². The topological polar surface area (TPSA) is 101 Å². The first-order valence-corrected chi connectivity index (χ1v) is 8.22. The van der Waals surface area contributed by atoms with E-state index in [-0.39, 0.29) is 11.7 Å². The van der Waals surface area contributed by atoms with E-state index in [9.17, 15) is 4.79 Å². The van der Waals surface area contributed by atoms with Crippen LogP contribution in [0.25, 0.3) is 11.3 Å². The molecule has 0 aromatic carbocycles. The molecule has 3 aromatic rings. The highest BCUT2D eigenvalue weighted by Crippen LogP contribution is 2.19. The van der Waals surface area contributed by atoms with Crippen LogP contribution in [0.4, 0.5) is 0 Å². The van der Waals surface area contributed by atoms with Crippen molar-refractivity contribution in [1.82, 2.24) is 30.2 Å². The lowest BCUT2D eigenvalue weighted by atomic mass is 10.2. The minimum Gasteiger partial charge on any atom is -0.359 e. The lowest BCUT2D eigenvalue weighted by Crippen LogP contribution is -2.27. The van der Waals surface area contributed by atoms with Gasteiger partial charge in [-0.15, -0.1) is 5.10 Å². The number of nitrogens with zero attached hydrogens (tertiary/aromatic N) is 5. The van der Waals surface area contributed by atoms with Crippen LogP contribution in [0.5, 0.6) is 0 Å². The Balaban J connectivity index is 1.55. The maximum Gasteiger partial charge on any atom is 0.233 e. The summed E-state index contributed by atoms with van der Waals surface area (Å²) >= 11 is 1.29. The first-order valence-electron chi connectivity index (χ1n) is 7.23. The number of hydrogen-bond donors (Lipinski definition) is 1. The fourth-order valence-corrected chi connectivity index (χ4v) is 2.78. The highest BCUT2D eigenvalue weighted by molar-refractivity contribution is 7.99. The maximum absolute atomic E-state index is 12.2. The molecule has 0 bridgehead atoms. The number of aromatic amines is 1. The largest absolute Gasteiger partial charge is 0.359 e. The minimum atomic E-state index is -0.0377. The monoisotopic (exact) mass is 344 g/mol. The number of rotatable bonds is 6. The van der Waals surface area contributed by atoms with E-state index in [0.717, 1.165) is 17.1 Å². The van der Waals surface area contributed by atoms with Gasteiger partial charge in [0, 0.05) is 31.1 Å². The van der Waals surface area contributed by atoms with Gasteiger partial charge in [-0.2, -0.15) is 0 Å². The molecule has 0 fully saturated rings. The molecule has 0 saturated heterocycles. The Kier molecular flexibility index (Phi) is 4.90. The number of aromatic nitrogens is 5. The summed E-state index contributed by atoms with van der Waals surface area (Å²) in [7, 11) is 1.72. The van der Waals surface area contributed by atoms with Crippen LogP contribution < -0.4 is 0 Å². The summed E-state index contributed by atoms with van der Waals surface area (Å²) in [6.07, 6.45) is 3.39. The summed E-state index contributed by atoms with van der Waals surface area (Å²) in [5.41, 5.74) is 1.64. The average Bonchev–Trinajstić information content (AvgIpc) is 3.22. The number of carbonyl (C=O) groups is 1. The van der Waals surface area contributed by atoms with E-state index in [1.165, 1.54) is 11.8 Å². The number of H-pyrrole nitrogens is 1. The van der Waals surface area contributed by atoms with E-state index in [2.05, 4.69) is 25.3 Å². The summed E-state index contributed by atoms with van der Waals surface area (Å²) in [4.78, 5) is 21.9. The van der Waals surface area contributed by atoms with E-state index in [1.807, 2.05) is 25.1 Å². The van der Waals surface area contributed by atoms with Gasteiger partial charge in [0.1, 0.15) is 11.5 Å². The van der Waals surface area contributed by atoms with Crippen LogP contribution in [0.1, 0.15) is 11.6 Å². The van der Waals surface area contributed by atoms with Crippen LogP contribution in [-0.4, -0.2) is 48.9 Å². The van der Waals surface area contributed by atoms with Gasteiger partial charge >= 0.3 is 0 Å². The number of hydrogen-bond acceptors (Lipinski definition) is 7. The van der Waals surface area contributed by atoms with Crippen molar-refractivity contribution in [2.75, 3.05) is 12.8 Å². The minimum absolute atomic E-state index is 0.0377. The first kappa shape index (κ1) is 16.2. The van der Waals surface area contributed by atoms with E-state index < -0.39 is 0 Å². The third kappa shape index (κ3) is 3.99. The third-order valence-corrected chi connectivity index (χ3v) is 4.09. The molecule has 3 aromatic heterocycles. The molecule has 1 N–H and O–H groups in total. The van der Waals surface area contributed by atoms with Crippen LogP contribution in [0.15, 0.2) is 40.3 Å². The Labute approximate surface area is 142 Å². The average molecular weight is 344 g/mol. The standard InChI is InChI=1S/C15H16N6O2S/c1-10-17-15(19-18-10)24-9-14(22)21(2)8-12-7-13(20-23-12)11-3-5-16-6-4-11/h3-7H,8-9H2,1-2H3,(H,17,18,19). The molecule has 1 amide bonds. The van der Waals surface area contributed by atoms with Gasteiger partial charge in [-0.3, -0.25) is 14.9 Å². The smallest absolute Gasteiger partial charge is 0.233 e. The number of thioether (sulfide) groups is 1. The molecular weight excluding hydrogens is 328 g/mol. The van der Waals surface area contributed by atoms with Gasteiger partial charge in [0.25, 0.3) is 0 Å². The molecule has 0 atom stereocenters. The van der Waals surface area contributed by atoms with Crippen molar-refractivity contribution in [2.24, 2.45) is 0 Å². The van der Waals surface area contributed by atoms with Crippen LogP contribution in [-0.2, 0) is 11.3 Å². The SMILES string of the molecule is Cc1nc(SCC(=O)N(C)Cc2cc(-c3ccncc3)no2)n[nH]1. The van der Waals surface area contributed by atoms with Crippen LogP contribution >= 0.6 is 11.8 Å². The van der Waals surface area contributed by atoms with Crippen molar-refractivity contribution in [3.63, 3.8) is 0 Å². The molecule has 3 rings (SSSR count). The van der Waals surface area contributed by atoms with Gasteiger partial charge < -0.3 is 9.42 Å². The van der Waals surface area contributed by atoms with E-state index in [0.29, 0.717) is 17.5 Å². The number of amides is 1. The first-order chi connectivity index (χ1) is 11.6. The zero-order valence-corrected chi connectivity index (χ0v) is 14.1. The highest BCUT2D eigenvalue weighted by Gasteiger charge is 2.14. The van der Waals surface area contributed by atoms with Crippen molar-refractivity contribution in [1.29, 1.82) is 0 Å².